The van der Waals surface area contributed by atoms with Gasteiger partial charge < -0.3 is 15.6 Å². The minimum Gasteiger partial charge on any atom is -0.388 e. The summed E-state index contributed by atoms with van der Waals surface area (Å²) in [4.78, 5) is 19.6. The molecule has 0 saturated carbocycles. The Kier molecular flexibility index (Phi) is 4.84. The van der Waals surface area contributed by atoms with Crippen LogP contribution in [0.4, 0.5) is 5.69 Å². The number of aryl methyl sites for hydroxylation is 1. The summed E-state index contributed by atoms with van der Waals surface area (Å²) < 4.78 is 0. The van der Waals surface area contributed by atoms with E-state index in [2.05, 4.69) is 57.9 Å². The minimum atomic E-state index is -0.0995. The molecule has 25 heavy (non-hydrogen) atoms. The van der Waals surface area contributed by atoms with Gasteiger partial charge in [-0.25, -0.2) is 4.98 Å². The number of H-pyrrole nitrogens is 1. The first kappa shape index (κ1) is 16.8. The maximum atomic E-state index is 12.7. The zero-order valence-corrected chi connectivity index (χ0v) is 14.7. The second kappa shape index (κ2) is 7.21. The number of nitrogens with one attached hydrogen (secondary N) is 3. The Morgan fingerprint density at radius 1 is 1.12 bits per heavy atom. The number of amides is 1. The number of hydrogen-bond acceptors (Lipinski definition) is 3. The van der Waals surface area contributed by atoms with E-state index < -0.39 is 0 Å². The number of nitrogens with zero attached hydrogens (tertiary/aromatic N) is 1. The first-order chi connectivity index (χ1) is 12.1. The van der Waals surface area contributed by atoms with Crippen molar-refractivity contribution in [3.8, 4) is 11.1 Å². The molecule has 0 aliphatic heterocycles. The maximum absolute atomic E-state index is 12.7. The van der Waals surface area contributed by atoms with Crippen LogP contribution in [0.25, 0.3) is 11.1 Å². The van der Waals surface area contributed by atoms with Crippen molar-refractivity contribution < 1.29 is 4.79 Å². The fourth-order valence-corrected chi connectivity index (χ4v) is 2.77. The van der Waals surface area contributed by atoms with E-state index in [0.717, 1.165) is 28.1 Å². The molecule has 1 heterocycles. The summed E-state index contributed by atoms with van der Waals surface area (Å²) in [5.74, 6) is -0.0995. The van der Waals surface area contributed by atoms with Gasteiger partial charge in [-0.3, -0.25) is 4.79 Å². The summed E-state index contributed by atoms with van der Waals surface area (Å²) in [7, 11) is 1.87. The van der Waals surface area contributed by atoms with Gasteiger partial charge in [-0.2, -0.15) is 0 Å². The fourth-order valence-electron chi connectivity index (χ4n) is 2.77. The SMILES string of the molecule is CNc1cc(-c2ccc(C)cc2)cc(C(=O)NCc2cnc[nH]2)c1C. The van der Waals surface area contributed by atoms with Gasteiger partial charge in [-0.15, -0.1) is 0 Å². The van der Waals surface area contributed by atoms with Gasteiger partial charge in [0.2, 0.25) is 0 Å². The highest BCUT2D eigenvalue weighted by molar-refractivity contribution is 5.98. The van der Waals surface area contributed by atoms with E-state index in [1.165, 1.54) is 5.56 Å². The molecule has 3 aromatic rings. The van der Waals surface area contributed by atoms with Crippen molar-refractivity contribution in [1.29, 1.82) is 0 Å². The number of aromatic amines is 1. The molecule has 0 fully saturated rings. The number of anilines is 1. The first-order valence-corrected chi connectivity index (χ1v) is 8.23. The van der Waals surface area contributed by atoms with Crippen LogP contribution in [0, 0.1) is 13.8 Å². The monoisotopic (exact) mass is 334 g/mol. The average Bonchev–Trinajstić information content (AvgIpc) is 3.14. The molecule has 1 amide bonds. The normalized spacial score (nSPS) is 10.5. The van der Waals surface area contributed by atoms with E-state index in [1.807, 2.05) is 20.0 Å². The molecule has 0 aliphatic carbocycles. The van der Waals surface area contributed by atoms with Crippen molar-refractivity contribution in [2.24, 2.45) is 0 Å². The molecule has 3 N–H and O–H groups in total. The molecule has 1 aromatic heterocycles. The van der Waals surface area contributed by atoms with Crippen LogP contribution in [0.5, 0.6) is 0 Å². The topological polar surface area (TPSA) is 69.8 Å². The molecule has 0 aliphatic rings. The summed E-state index contributed by atoms with van der Waals surface area (Å²) in [6, 6.07) is 12.3. The number of carbonyl (C=O) groups is 1. The predicted molar refractivity (Wildman–Crippen MR) is 101 cm³/mol. The largest absolute Gasteiger partial charge is 0.388 e. The molecule has 3 rings (SSSR count). The summed E-state index contributed by atoms with van der Waals surface area (Å²) in [5.41, 5.74) is 6.73. The zero-order chi connectivity index (χ0) is 17.8. The van der Waals surface area contributed by atoms with Crippen LogP contribution in [0.1, 0.15) is 27.2 Å². The van der Waals surface area contributed by atoms with Crippen molar-refractivity contribution in [3.05, 3.63) is 71.3 Å². The molecule has 128 valence electrons. The van der Waals surface area contributed by atoms with Crippen molar-refractivity contribution in [2.75, 3.05) is 12.4 Å². The van der Waals surface area contributed by atoms with Crippen molar-refractivity contribution >= 4 is 11.6 Å². The van der Waals surface area contributed by atoms with Crippen LogP contribution in [-0.2, 0) is 6.54 Å². The molecule has 0 spiro atoms. The Morgan fingerprint density at radius 3 is 2.52 bits per heavy atom. The van der Waals surface area contributed by atoms with E-state index in [0.29, 0.717) is 12.1 Å². The highest BCUT2D eigenvalue weighted by Crippen LogP contribution is 2.28. The van der Waals surface area contributed by atoms with Gasteiger partial charge in [-0.05, 0) is 42.7 Å². The minimum absolute atomic E-state index is 0.0995. The lowest BCUT2D eigenvalue weighted by atomic mass is 9.97. The number of hydrogen-bond donors (Lipinski definition) is 3. The lowest BCUT2D eigenvalue weighted by Gasteiger charge is -2.14. The van der Waals surface area contributed by atoms with Gasteiger partial charge in [0, 0.05) is 24.5 Å². The van der Waals surface area contributed by atoms with Crippen molar-refractivity contribution in [1.82, 2.24) is 15.3 Å². The molecule has 5 nitrogen and oxygen atoms in total. The van der Waals surface area contributed by atoms with E-state index >= 15 is 0 Å². The molecule has 0 saturated heterocycles. The summed E-state index contributed by atoms with van der Waals surface area (Å²) >= 11 is 0. The number of rotatable bonds is 5. The summed E-state index contributed by atoms with van der Waals surface area (Å²) in [6.07, 6.45) is 3.30. The van der Waals surface area contributed by atoms with Gasteiger partial charge in [-0.1, -0.05) is 29.8 Å². The van der Waals surface area contributed by atoms with Crippen molar-refractivity contribution in [2.45, 2.75) is 20.4 Å². The van der Waals surface area contributed by atoms with E-state index in [9.17, 15) is 4.79 Å². The van der Waals surface area contributed by atoms with Gasteiger partial charge in [0.15, 0.2) is 0 Å². The third-order valence-corrected chi connectivity index (χ3v) is 4.30. The Labute approximate surface area is 147 Å². The zero-order valence-electron chi connectivity index (χ0n) is 14.7. The third kappa shape index (κ3) is 3.71. The third-order valence-electron chi connectivity index (χ3n) is 4.30. The van der Waals surface area contributed by atoms with E-state index in [1.54, 1.807) is 12.5 Å². The highest BCUT2D eigenvalue weighted by Gasteiger charge is 2.14. The first-order valence-electron chi connectivity index (χ1n) is 8.23. The van der Waals surface area contributed by atoms with Crippen LogP contribution >= 0.6 is 0 Å². The van der Waals surface area contributed by atoms with Crippen molar-refractivity contribution in [3.63, 3.8) is 0 Å². The predicted octanol–water partition coefficient (Wildman–Crippen LogP) is 3.67. The van der Waals surface area contributed by atoms with Gasteiger partial charge in [0.05, 0.1) is 18.6 Å². The quantitative estimate of drug-likeness (QED) is 0.667. The molecular weight excluding hydrogens is 312 g/mol. The van der Waals surface area contributed by atoms with Gasteiger partial charge in [0.1, 0.15) is 0 Å². The van der Waals surface area contributed by atoms with Crippen LogP contribution in [0.3, 0.4) is 0 Å². The Bertz CT molecular complexity index is 867. The molecule has 2 aromatic carbocycles. The number of carbonyl (C=O) groups excluding carboxylic acids is 1. The molecule has 5 heteroatoms. The number of imidazole rings is 1. The second-order valence-electron chi connectivity index (χ2n) is 6.07. The number of benzene rings is 2. The smallest absolute Gasteiger partial charge is 0.251 e. The van der Waals surface area contributed by atoms with E-state index in [-0.39, 0.29) is 5.91 Å². The van der Waals surface area contributed by atoms with Crippen LogP contribution < -0.4 is 10.6 Å². The lowest BCUT2D eigenvalue weighted by molar-refractivity contribution is 0.0950. The van der Waals surface area contributed by atoms with Gasteiger partial charge >= 0.3 is 0 Å². The number of aromatic nitrogens is 2. The lowest BCUT2D eigenvalue weighted by Crippen LogP contribution is -2.24. The highest BCUT2D eigenvalue weighted by atomic mass is 16.1. The molecule has 0 radical (unpaired) electrons. The molecular formula is C20H22N4O. The standard InChI is InChI=1S/C20H22N4O/c1-13-4-6-15(7-5-13)16-8-18(14(2)19(9-16)21-3)20(25)23-11-17-10-22-12-24-17/h4-10,12,21H,11H2,1-3H3,(H,22,24)(H,23,25). The van der Waals surface area contributed by atoms with Gasteiger partial charge in [0.25, 0.3) is 5.91 Å². The summed E-state index contributed by atoms with van der Waals surface area (Å²) in [6.45, 7) is 4.43. The Morgan fingerprint density at radius 2 is 1.88 bits per heavy atom. The van der Waals surface area contributed by atoms with Crippen LogP contribution in [0.2, 0.25) is 0 Å². The van der Waals surface area contributed by atoms with Crippen LogP contribution in [-0.4, -0.2) is 22.9 Å². The fraction of sp³-hybridized carbons (Fsp3) is 0.200. The Hall–Kier alpha value is -3.08. The molecule has 0 atom stereocenters. The average molecular weight is 334 g/mol. The molecule has 0 bridgehead atoms. The maximum Gasteiger partial charge on any atom is 0.251 e. The summed E-state index contributed by atoms with van der Waals surface area (Å²) in [5, 5.41) is 6.13. The van der Waals surface area contributed by atoms with E-state index in [4.69, 9.17) is 0 Å². The Balaban J connectivity index is 1.92. The van der Waals surface area contributed by atoms with Crippen LogP contribution in [0.15, 0.2) is 48.9 Å². The molecule has 0 unspecified atom stereocenters. The second-order valence-corrected chi connectivity index (χ2v) is 6.07.